The van der Waals surface area contributed by atoms with E-state index >= 15 is 0 Å². The number of nitrogens with one attached hydrogen (secondary N) is 1. The maximum absolute atomic E-state index is 12.6. The maximum atomic E-state index is 12.6. The van der Waals surface area contributed by atoms with Crippen molar-refractivity contribution in [2.45, 2.75) is 45.1 Å². The van der Waals surface area contributed by atoms with E-state index in [2.05, 4.69) is 41.3 Å². The van der Waals surface area contributed by atoms with Gasteiger partial charge in [0.1, 0.15) is 6.54 Å². The van der Waals surface area contributed by atoms with Crippen LogP contribution in [-0.4, -0.2) is 39.2 Å². The van der Waals surface area contributed by atoms with Gasteiger partial charge in [-0.3, -0.25) is 14.4 Å². The summed E-state index contributed by atoms with van der Waals surface area (Å²) in [6.45, 7) is 5.98. The molecule has 2 heterocycles. The molecule has 0 unspecified atom stereocenters. The SMILES string of the molecule is CC(C)(CNC(=O)Cn1ccc(C(F)(F)F)n1)N1CCc2ccccc2C1. The van der Waals surface area contributed by atoms with Crippen molar-refractivity contribution >= 4 is 5.91 Å². The van der Waals surface area contributed by atoms with Crippen LogP contribution >= 0.6 is 0 Å². The van der Waals surface area contributed by atoms with Gasteiger partial charge in [-0.15, -0.1) is 0 Å². The second-order valence-electron chi connectivity index (χ2n) is 7.43. The van der Waals surface area contributed by atoms with Crippen LogP contribution in [-0.2, 0) is 30.5 Å². The van der Waals surface area contributed by atoms with Crippen LogP contribution in [0.3, 0.4) is 0 Å². The van der Waals surface area contributed by atoms with Gasteiger partial charge in [-0.2, -0.15) is 18.3 Å². The number of nitrogens with zero attached hydrogens (tertiary/aromatic N) is 3. The van der Waals surface area contributed by atoms with Crippen molar-refractivity contribution in [3.05, 3.63) is 53.3 Å². The van der Waals surface area contributed by atoms with Gasteiger partial charge in [0, 0.05) is 31.4 Å². The van der Waals surface area contributed by atoms with E-state index in [0.717, 1.165) is 36.5 Å². The molecular formula is C19H23F3N4O. The lowest BCUT2D eigenvalue weighted by molar-refractivity contribution is -0.141. The summed E-state index contributed by atoms with van der Waals surface area (Å²) >= 11 is 0. The smallest absolute Gasteiger partial charge is 0.353 e. The number of alkyl halides is 3. The average Bonchev–Trinajstić information content (AvgIpc) is 3.08. The number of aromatic nitrogens is 2. The number of fused-ring (bicyclic) bond motifs is 1. The van der Waals surface area contributed by atoms with Gasteiger partial charge in [-0.05, 0) is 37.5 Å². The van der Waals surface area contributed by atoms with Crippen LogP contribution in [0.2, 0.25) is 0 Å². The third kappa shape index (κ3) is 4.68. The first kappa shape index (κ1) is 19.4. The molecule has 0 aliphatic carbocycles. The van der Waals surface area contributed by atoms with Crippen molar-refractivity contribution in [1.82, 2.24) is 20.0 Å². The summed E-state index contributed by atoms with van der Waals surface area (Å²) in [6, 6.07) is 9.19. The van der Waals surface area contributed by atoms with Crippen molar-refractivity contribution in [1.29, 1.82) is 0 Å². The molecule has 0 radical (unpaired) electrons. The number of rotatable bonds is 5. The van der Waals surface area contributed by atoms with Crippen molar-refractivity contribution in [2.75, 3.05) is 13.1 Å². The molecule has 0 saturated heterocycles. The Kier molecular flexibility index (Phi) is 5.28. The number of halogens is 3. The summed E-state index contributed by atoms with van der Waals surface area (Å²) in [7, 11) is 0. The van der Waals surface area contributed by atoms with Crippen molar-refractivity contribution in [3.63, 3.8) is 0 Å². The van der Waals surface area contributed by atoms with Gasteiger partial charge in [-0.25, -0.2) is 0 Å². The minimum absolute atomic E-state index is 0.241. The fourth-order valence-electron chi connectivity index (χ4n) is 3.24. The highest BCUT2D eigenvalue weighted by Gasteiger charge is 2.34. The lowest BCUT2D eigenvalue weighted by Gasteiger charge is -2.41. The second kappa shape index (κ2) is 7.34. The average molecular weight is 380 g/mol. The highest BCUT2D eigenvalue weighted by Crippen LogP contribution is 2.27. The lowest BCUT2D eigenvalue weighted by atomic mass is 9.94. The highest BCUT2D eigenvalue weighted by atomic mass is 19.4. The summed E-state index contributed by atoms with van der Waals surface area (Å²) in [5.41, 5.74) is 1.37. The van der Waals surface area contributed by atoms with Crippen LogP contribution in [0.5, 0.6) is 0 Å². The van der Waals surface area contributed by atoms with Gasteiger partial charge in [0.15, 0.2) is 5.69 Å². The Morgan fingerprint density at radius 1 is 1.19 bits per heavy atom. The van der Waals surface area contributed by atoms with Crippen LogP contribution in [0.1, 0.15) is 30.7 Å². The van der Waals surface area contributed by atoms with Gasteiger partial charge in [0.25, 0.3) is 0 Å². The summed E-state index contributed by atoms with van der Waals surface area (Å²) in [4.78, 5) is 14.4. The molecule has 2 aromatic rings. The minimum atomic E-state index is -4.51. The topological polar surface area (TPSA) is 50.2 Å². The molecule has 5 nitrogen and oxygen atoms in total. The van der Waals surface area contributed by atoms with Crippen LogP contribution in [0, 0.1) is 0 Å². The fourth-order valence-corrected chi connectivity index (χ4v) is 3.24. The monoisotopic (exact) mass is 380 g/mol. The second-order valence-corrected chi connectivity index (χ2v) is 7.43. The van der Waals surface area contributed by atoms with Crippen LogP contribution in [0.25, 0.3) is 0 Å². The van der Waals surface area contributed by atoms with E-state index in [1.807, 2.05) is 12.1 Å². The van der Waals surface area contributed by atoms with Gasteiger partial charge < -0.3 is 5.32 Å². The van der Waals surface area contributed by atoms with Crippen molar-refractivity contribution in [2.24, 2.45) is 0 Å². The third-order valence-corrected chi connectivity index (χ3v) is 4.94. The summed E-state index contributed by atoms with van der Waals surface area (Å²) < 4.78 is 38.7. The standard InChI is InChI=1S/C19H23F3N4O/c1-18(2,25-9-7-14-5-3-4-6-15(14)11-25)13-23-17(27)12-26-10-8-16(24-26)19(20,21)22/h3-6,8,10H,7,9,11-13H2,1-2H3,(H,23,27). The molecule has 146 valence electrons. The van der Waals surface area contributed by atoms with E-state index in [1.165, 1.54) is 11.1 Å². The maximum Gasteiger partial charge on any atom is 0.435 e. The molecule has 27 heavy (non-hydrogen) atoms. The number of carbonyl (C=O) groups is 1. The van der Waals surface area contributed by atoms with Gasteiger partial charge in [0.2, 0.25) is 5.91 Å². The lowest BCUT2D eigenvalue weighted by Crippen LogP contribution is -2.53. The van der Waals surface area contributed by atoms with Crippen molar-refractivity contribution in [3.8, 4) is 0 Å². The zero-order valence-electron chi connectivity index (χ0n) is 15.4. The van der Waals surface area contributed by atoms with E-state index in [9.17, 15) is 18.0 Å². The van der Waals surface area contributed by atoms with Crippen molar-refractivity contribution < 1.29 is 18.0 Å². The van der Waals surface area contributed by atoms with Gasteiger partial charge >= 0.3 is 6.18 Å². The predicted molar refractivity (Wildman–Crippen MR) is 94.9 cm³/mol. The molecule has 8 heteroatoms. The zero-order chi connectivity index (χ0) is 19.7. The number of hydrogen-bond donors (Lipinski definition) is 1. The van der Waals surface area contributed by atoms with E-state index in [1.54, 1.807) is 0 Å². The molecule has 1 N–H and O–H groups in total. The molecule has 0 bridgehead atoms. The Bertz CT molecular complexity index is 813. The Labute approximate surface area is 156 Å². The minimum Gasteiger partial charge on any atom is -0.353 e. The Hall–Kier alpha value is -2.35. The molecule has 1 amide bonds. The van der Waals surface area contributed by atoms with Gasteiger partial charge in [0.05, 0.1) is 0 Å². The van der Waals surface area contributed by atoms with E-state index in [4.69, 9.17) is 0 Å². The first-order chi connectivity index (χ1) is 12.6. The molecule has 0 spiro atoms. The molecule has 1 aliphatic heterocycles. The van der Waals surface area contributed by atoms with Crippen LogP contribution in [0.4, 0.5) is 13.2 Å². The Balaban J connectivity index is 1.54. The number of amides is 1. The molecular weight excluding hydrogens is 357 g/mol. The third-order valence-electron chi connectivity index (χ3n) is 4.94. The largest absolute Gasteiger partial charge is 0.435 e. The zero-order valence-corrected chi connectivity index (χ0v) is 15.4. The normalized spacial score (nSPS) is 15.4. The molecule has 1 aromatic carbocycles. The Morgan fingerprint density at radius 2 is 1.89 bits per heavy atom. The van der Waals surface area contributed by atoms with Crippen LogP contribution in [0.15, 0.2) is 36.5 Å². The predicted octanol–water partition coefficient (Wildman–Crippen LogP) is 2.86. The first-order valence-electron chi connectivity index (χ1n) is 8.84. The highest BCUT2D eigenvalue weighted by molar-refractivity contribution is 5.75. The summed E-state index contributed by atoms with van der Waals surface area (Å²) in [5.74, 6) is -0.364. The fraction of sp³-hybridized carbons (Fsp3) is 0.474. The summed E-state index contributed by atoms with van der Waals surface area (Å²) in [5, 5.41) is 6.22. The van der Waals surface area contributed by atoms with Gasteiger partial charge in [-0.1, -0.05) is 24.3 Å². The quantitative estimate of drug-likeness (QED) is 0.868. The molecule has 0 fully saturated rings. The number of benzene rings is 1. The Morgan fingerprint density at radius 3 is 2.56 bits per heavy atom. The van der Waals surface area contributed by atoms with Crippen LogP contribution < -0.4 is 5.32 Å². The molecule has 0 saturated carbocycles. The molecule has 1 aromatic heterocycles. The molecule has 3 rings (SSSR count). The number of hydrogen-bond acceptors (Lipinski definition) is 3. The summed E-state index contributed by atoms with van der Waals surface area (Å²) in [6.07, 6.45) is -2.38. The number of carbonyl (C=O) groups excluding carboxylic acids is 1. The van der Waals surface area contributed by atoms with E-state index < -0.39 is 11.9 Å². The first-order valence-corrected chi connectivity index (χ1v) is 8.84. The van der Waals surface area contributed by atoms with E-state index in [-0.39, 0.29) is 18.0 Å². The molecule has 1 aliphatic rings. The van der Waals surface area contributed by atoms with E-state index in [0.29, 0.717) is 6.54 Å². The molecule has 0 atom stereocenters.